The molecule has 0 bridgehead atoms. The number of carbonyl (C=O) groups is 1. The van der Waals surface area contributed by atoms with Crippen molar-refractivity contribution in [1.29, 1.82) is 0 Å². The summed E-state index contributed by atoms with van der Waals surface area (Å²) in [5.74, 6) is 0.666. The topological polar surface area (TPSA) is 83.7 Å². The monoisotopic (exact) mass is 381 g/mol. The molecule has 0 radical (unpaired) electrons. The van der Waals surface area contributed by atoms with Gasteiger partial charge in [0.2, 0.25) is 11.8 Å². The Kier molecular flexibility index (Phi) is 4.64. The lowest BCUT2D eigenvalue weighted by atomic mass is 10.2. The number of hydrogen-bond donors (Lipinski definition) is 1. The van der Waals surface area contributed by atoms with Crippen LogP contribution < -0.4 is 9.64 Å². The maximum absolute atomic E-state index is 11.4. The van der Waals surface area contributed by atoms with Crippen molar-refractivity contribution in [3.8, 4) is 11.6 Å². The number of hydrogen-bond acceptors (Lipinski definition) is 6. The maximum Gasteiger partial charge on any atom is 0.352 e. The standard InChI is InChI=1S/C20H23N5O3/c1-23(2)14-8-10-25(12-14)20-21-9-7-17(22-20)28-16-6-4-5-13-11-15(19(26)27)24(3)18(13)16/h4-7,9,11,14H,8,10,12H2,1-3H3,(H,26,27). The van der Waals surface area contributed by atoms with Gasteiger partial charge in [-0.05, 0) is 32.6 Å². The van der Waals surface area contributed by atoms with Crippen LogP contribution in [0.3, 0.4) is 0 Å². The Morgan fingerprint density at radius 1 is 1.32 bits per heavy atom. The third-order valence-electron chi connectivity index (χ3n) is 5.25. The van der Waals surface area contributed by atoms with Gasteiger partial charge in [0.05, 0.1) is 5.52 Å². The molecule has 1 N–H and O–H groups in total. The zero-order valence-corrected chi connectivity index (χ0v) is 16.2. The minimum Gasteiger partial charge on any atom is -0.477 e. The Labute approximate surface area is 163 Å². The van der Waals surface area contributed by atoms with Gasteiger partial charge in [0.25, 0.3) is 0 Å². The first kappa shape index (κ1) is 18.2. The largest absolute Gasteiger partial charge is 0.477 e. The zero-order valence-electron chi connectivity index (χ0n) is 16.2. The lowest BCUT2D eigenvalue weighted by molar-refractivity contribution is 0.0687. The van der Waals surface area contributed by atoms with Crippen LogP contribution in [0.25, 0.3) is 10.9 Å². The molecule has 1 atom stereocenters. The van der Waals surface area contributed by atoms with Gasteiger partial charge in [-0.3, -0.25) is 0 Å². The summed E-state index contributed by atoms with van der Waals surface area (Å²) in [6.45, 7) is 1.79. The van der Waals surface area contributed by atoms with Crippen molar-refractivity contribution in [1.82, 2.24) is 19.4 Å². The van der Waals surface area contributed by atoms with Crippen LogP contribution in [0.2, 0.25) is 0 Å². The van der Waals surface area contributed by atoms with E-state index in [0.717, 1.165) is 24.9 Å². The number of benzene rings is 1. The number of carboxylic acids is 1. The highest BCUT2D eigenvalue weighted by molar-refractivity contribution is 5.96. The summed E-state index contributed by atoms with van der Waals surface area (Å²) in [6.07, 6.45) is 2.76. The predicted molar refractivity (Wildman–Crippen MR) is 106 cm³/mol. The normalized spacial score (nSPS) is 16.9. The molecule has 0 saturated carbocycles. The van der Waals surface area contributed by atoms with Crippen molar-refractivity contribution in [3.63, 3.8) is 0 Å². The number of nitrogens with zero attached hydrogens (tertiary/aromatic N) is 5. The third-order valence-corrected chi connectivity index (χ3v) is 5.25. The summed E-state index contributed by atoms with van der Waals surface area (Å²) >= 11 is 0. The smallest absolute Gasteiger partial charge is 0.352 e. The minimum atomic E-state index is -0.974. The lowest BCUT2D eigenvalue weighted by Crippen LogP contribution is -2.32. The van der Waals surface area contributed by atoms with Gasteiger partial charge in [-0.2, -0.15) is 4.98 Å². The molecule has 3 aromatic rings. The van der Waals surface area contributed by atoms with Crippen molar-refractivity contribution in [2.24, 2.45) is 7.05 Å². The molecule has 0 spiro atoms. The van der Waals surface area contributed by atoms with E-state index in [4.69, 9.17) is 4.74 Å². The quantitative estimate of drug-likeness (QED) is 0.727. The minimum absolute atomic E-state index is 0.209. The van der Waals surface area contributed by atoms with E-state index in [2.05, 4.69) is 33.9 Å². The van der Waals surface area contributed by atoms with E-state index in [9.17, 15) is 9.90 Å². The van der Waals surface area contributed by atoms with Crippen LogP contribution in [0.4, 0.5) is 5.95 Å². The molecular formula is C20H23N5O3. The number of aromatic nitrogens is 3. The summed E-state index contributed by atoms with van der Waals surface area (Å²) < 4.78 is 7.66. The first-order valence-corrected chi connectivity index (χ1v) is 9.18. The summed E-state index contributed by atoms with van der Waals surface area (Å²) in [5, 5.41) is 10.2. The maximum atomic E-state index is 11.4. The molecule has 1 fully saturated rings. The Morgan fingerprint density at radius 2 is 2.14 bits per heavy atom. The summed E-state index contributed by atoms with van der Waals surface area (Å²) in [6, 6.07) is 9.36. The molecule has 4 rings (SSSR count). The number of likely N-dealkylation sites (N-methyl/N-ethyl adjacent to an activating group) is 1. The van der Waals surface area contributed by atoms with Gasteiger partial charge < -0.3 is 24.2 Å². The average Bonchev–Trinajstić information content (AvgIpc) is 3.28. The molecule has 8 nitrogen and oxygen atoms in total. The van der Waals surface area contributed by atoms with Crippen molar-refractivity contribution < 1.29 is 14.6 Å². The van der Waals surface area contributed by atoms with Crippen LogP contribution in [0.5, 0.6) is 11.6 Å². The van der Waals surface area contributed by atoms with Gasteiger partial charge >= 0.3 is 5.97 Å². The van der Waals surface area contributed by atoms with E-state index in [1.807, 2.05) is 18.2 Å². The first-order valence-electron chi connectivity index (χ1n) is 9.18. The average molecular weight is 381 g/mol. The van der Waals surface area contributed by atoms with Crippen LogP contribution in [0, 0.1) is 0 Å². The van der Waals surface area contributed by atoms with Crippen LogP contribution in [-0.2, 0) is 7.05 Å². The van der Waals surface area contributed by atoms with Gasteiger partial charge in [-0.25, -0.2) is 9.78 Å². The number of anilines is 1. The molecule has 8 heteroatoms. The molecule has 1 aliphatic rings. The molecule has 0 amide bonds. The van der Waals surface area contributed by atoms with Crippen molar-refractivity contribution in [2.75, 3.05) is 32.1 Å². The van der Waals surface area contributed by atoms with Gasteiger partial charge in [0.1, 0.15) is 5.69 Å². The van der Waals surface area contributed by atoms with Crippen LogP contribution >= 0.6 is 0 Å². The van der Waals surface area contributed by atoms with Crippen LogP contribution in [-0.4, -0.2) is 63.7 Å². The summed E-state index contributed by atoms with van der Waals surface area (Å²) in [4.78, 5) is 24.8. The molecule has 2 aromatic heterocycles. The van der Waals surface area contributed by atoms with Gasteiger partial charge in [0, 0.05) is 43.8 Å². The number of ether oxygens (including phenoxy) is 1. The third kappa shape index (κ3) is 3.27. The van der Waals surface area contributed by atoms with E-state index in [1.54, 1.807) is 29.9 Å². The molecule has 146 valence electrons. The molecule has 28 heavy (non-hydrogen) atoms. The first-order chi connectivity index (χ1) is 13.4. The van der Waals surface area contributed by atoms with E-state index < -0.39 is 5.97 Å². The van der Waals surface area contributed by atoms with Gasteiger partial charge in [0.15, 0.2) is 5.75 Å². The molecular weight excluding hydrogens is 358 g/mol. The molecule has 1 unspecified atom stereocenters. The fraction of sp³-hybridized carbons (Fsp3) is 0.350. The van der Waals surface area contributed by atoms with E-state index >= 15 is 0 Å². The molecule has 1 saturated heterocycles. The molecule has 0 aliphatic carbocycles. The predicted octanol–water partition coefficient (Wildman–Crippen LogP) is 2.60. The Bertz CT molecular complexity index is 1030. The molecule has 1 aliphatic heterocycles. The van der Waals surface area contributed by atoms with Gasteiger partial charge in [-0.1, -0.05) is 12.1 Å². The van der Waals surface area contributed by atoms with Crippen molar-refractivity contribution in [3.05, 3.63) is 42.2 Å². The van der Waals surface area contributed by atoms with Crippen LogP contribution in [0.1, 0.15) is 16.9 Å². The summed E-state index contributed by atoms with van der Waals surface area (Å²) in [7, 11) is 5.89. The number of carboxylic acid groups (broad SMARTS) is 1. The van der Waals surface area contributed by atoms with Gasteiger partial charge in [-0.15, -0.1) is 0 Å². The zero-order chi connectivity index (χ0) is 19.8. The lowest BCUT2D eigenvalue weighted by Gasteiger charge is -2.20. The molecule has 1 aromatic carbocycles. The second-order valence-electron chi connectivity index (χ2n) is 7.24. The highest BCUT2D eigenvalue weighted by Crippen LogP contribution is 2.31. The Morgan fingerprint density at radius 3 is 2.86 bits per heavy atom. The number of aryl methyl sites for hydroxylation is 1. The SMILES string of the molecule is CN(C)C1CCN(c2nccc(Oc3cccc4cc(C(=O)O)n(C)c34)n2)C1. The fourth-order valence-electron chi connectivity index (χ4n) is 3.67. The second kappa shape index (κ2) is 7.12. The number of rotatable bonds is 5. The number of fused-ring (bicyclic) bond motifs is 1. The molecule has 3 heterocycles. The Balaban J connectivity index is 1.63. The van der Waals surface area contributed by atoms with E-state index in [0.29, 0.717) is 29.1 Å². The number of para-hydroxylation sites is 1. The summed E-state index contributed by atoms with van der Waals surface area (Å²) in [5.41, 5.74) is 0.926. The van der Waals surface area contributed by atoms with Crippen molar-refractivity contribution in [2.45, 2.75) is 12.5 Å². The highest BCUT2D eigenvalue weighted by atomic mass is 16.5. The van der Waals surface area contributed by atoms with E-state index in [1.165, 1.54) is 0 Å². The van der Waals surface area contributed by atoms with Crippen LogP contribution in [0.15, 0.2) is 36.5 Å². The number of aromatic carboxylic acids is 1. The van der Waals surface area contributed by atoms with E-state index in [-0.39, 0.29) is 5.69 Å². The fourth-order valence-corrected chi connectivity index (χ4v) is 3.67. The Hall–Kier alpha value is -3.13. The highest BCUT2D eigenvalue weighted by Gasteiger charge is 2.26. The second-order valence-corrected chi connectivity index (χ2v) is 7.24. The van der Waals surface area contributed by atoms with Crippen molar-refractivity contribution >= 4 is 22.8 Å².